The first-order chi connectivity index (χ1) is 6.42. The predicted octanol–water partition coefficient (Wildman–Crippen LogP) is -3.30. The Bertz CT molecular complexity index is 295. The summed E-state index contributed by atoms with van der Waals surface area (Å²) in [5, 5.41) is -3.25. The summed E-state index contributed by atoms with van der Waals surface area (Å²) in [7, 11) is -8.37. The molecule has 0 aromatic rings. The Morgan fingerprint density at radius 3 is 1.50 bits per heavy atom. The van der Waals surface area contributed by atoms with Gasteiger partial charge in [-0.2, -0.15) is 0 Å². The molecule has 0 aromatic carbocycles. The van der Waals surface area contributed by atoms with Gasteiger partial charge in [0.2, 0.25) is 0 Å². The summed E-state index contributed by atoms with van der Waals surface area (Å²) in [5.74, 6) is 0. The second-order valence-electron chi connectivity index (χ2n) is 3.43. The van der Waals surface area contributed by atoms with Gasteiger partial charge in [-0.1, -0.05) is 0 Å². The summed E-state index contributed by atoms with van der Waals surface area (Å²) >= 11 is 0. The molecule has 0 aliphatic rings. The van der Waals surface area contributed by atoms with Crippen molar-refractivity contribution in [1.29, 1.82) is 0 Å². The fourth-order valence-electron chi connectivity index (χ4n) is 0.812. The van der Waals surface area contributed by atoms with Gasteiger partial charge in [-0.15, -0.1) is 0 Å². The molecule has 0 bridgehead atoms. The minimum Gasteiger partial charge on any atom is -0.809 e. The van der Waals surface area contributed by atoms with Crippen LogP contribution in [-0.2, 0) is 30.2 Å². The molecule has 0 fully saturated rings. The van der Waals surface area contributed by atoms with E-state index in [1.165, 1.54) is 19.0 Å². The van der Waals surface area contributed by atoms with E-state index in [-0.39, 0.29) is 39.9 Å². The molecule has 8 N–H and O–H groups in total. The molecule has 0 saturated carbocycles. The normalized spacial score (nSPS) is 12.2. The molecule has 0 radical (unpaired) electrons. The van der Waals surface area contributed by atoms with E-state index in [2.05, 4.69) is 0 Å². The van der Waals surface area contributed by atoms with Crippen molar-refractivity contribution in [3.05, 3.63) is 0 Å². The smallest absolute Gasteiger partial charge is 0.809 e. The third kappa shape index (κ3) is 6.84. The zero-order valence-corrected chi connectivity index (χ0v) is 14.1. The van der Waals surface area contributed by atoms with Gasteiger partial charge in [0, 0.05) is 6.54 Å². The average molecular weight is 487 g/mol. The Balaban J connectivity index is -0.000000327. The van der Waals surface area contributed by atoms with Gasteiger partial charge in [0.25, 0.3) is 0 Å². The number of hydrogen-bond acceptors (Lipinski definition) is 10. The van der Waals surface area contributed by atoms with Gasteiger partial charge in [-0.05, 0) is 35.7 Å². The molecule has 18 heavy (non-hydrogen) atoms. The second kappa shape index (κ2) is 8.89. The first-order valence-corrected chi connectivity index (χ1v) is 6.98. The molecule has 0 saturated heterocycles. The summed E-state index contributed by atoms with van der Waals surface area (Å²) in [5.41, 5.74) is 4.90. The van der Waals surface area contributed by atoms with E-state index >= 15 is 0 Å². The zero-order valence-electron chi connectivity index (χ0n) is 10.0. The van der Waals surface area contributed by atoms with Crippen LogP contribution in [0.4, 0.5) is 0 Å². The maximum absolute atomic E-state index is 10.7. The summed E-state index contributed by atoms with van der Waals surface area (Å²) in [6.07, 6.45) is -0.742. The van der Waals surface area contributed by atoms with Crippen molar-refractivity contribution >= 4 is 15.2 Å². The molecule has 0 aromatic heterocycles. The first kappa shape index (κ1) is 27.2. The fraction of sp³-hybridized carbons (Fsp3) is 1.00. The first-order valence-electron chi connectivity index (χ1n) is 3.90. The van der Waals surface area contributed by atoms with Gasteiger partial charge >= 0.3 is 21.1 Å². The number of hydrogen-bond donors (Lipinski definition) is 3. The van der Waals surface area contributed by atoms with E-state index in [1.54, 1.807) is 0 Å². The van der Waals surface area contributed by atoms with Crippen LogP contribution in [-0.4, -0.2) is 30.6 Å². The third-order valence-electron chi connectivity index (χ3n) is 1.88. The van der Waals surface area contributed by atoms with Crippen molar-refractivity contribution in [1.82, 2.24) is 17.2 Å². The van der Waals surface area contributed by atoms with Crippen LogP contribution < -0.4 is 37.6 Å². The minimum atomic E-state index is -5.70. The molecule has 0 amide bonds. The van der Waals surface area contributed by atoms with E-state index in [1.807, 2.05) is 0 Å². The van der Waals surface area contributed by atoms with Crippen LogP contribution in [0.5, 0.6) is 0 Å². The van der Waals surface area contributed by atoms with Crippen molar-refractivity contribution in [3.8, 4) is 0 Å². The Hall–Kier alpha value is 0.828. The monoisotopic (exact) mass is 487 g/mol. The summed E-state index contributed by atoms with van der Waals surface area (Å²) in [4.78, 5) is 44.1. The van der Waals surface area contributed by atoms with Crippen LogP contribution in [0, 0.1) is 0 Å². The SMILES string of the molecule is CN(C)CCC(N)(P(=O)([O-])[O-])P(=O)([O-])[O-].N.N.[Pt+2]. The topological polar surface area (TPSA) is 226 Å². The molecule has 0 rings (SSSR count). The summed E-state index contributed by atoms with van der Waals surface area (Å²) in [6, 6.07) is 0. The van der Waals surface area contributed by atoms with Gasteiger partial charge in [-0.25, -0.2) is 0 Å². The van der Waals surface area contributed by atoms with Gasteiger partial charge in [-0.3, -0.25) is 0 Å². The minimum absolute atomic E-state index is 0. The molecule has 0 atom stereocenters. The van der Waals surface area contributed by atoms with E-state index < -0.39 is 26.6 Å². The number of nitrogens with two attached hydrogens (primary N) is 1. The van der Waals surface area contributed by atoms with Crippen molar-refractivity contribution in [3.63, 3.8) is 0 Å². The Kier molecular flexibility index (Phi) is 13.4. The van der Waals surface area contributed by atoms with Gasteiger partial charge in [0.1, 0.15) is 0 Å². The Labute approximate surface area is 120 Å². The predicted molar refractivity (Wildman–Crippen MR) is 55.3 cm³/mol. The molecule has 10 nitrogen and oxygen atoms in total. The summed E-state index contributed by atoms with van der Waals surface area (Å²) < 4.78 is 21.3. The quantitative estimate of drug-likeness (QED) is 0.327. The average Bonchev–Trinajstić information content (AvgIpc) is 1.95. The van der Waals surface area contributed by atoms with E-state index in [0.717, 1.165) is 0 Å². The van der Waals surface area contributed by atoms with E-state index in [9.17, 15) is 28.7 Å². The Morgan fingerprint density at radius 1 is 1.06 bits per heavy atom. The van der Waals surface area contributed by atoms with Crippen LogP contribution in [0.15, 0.2) is 0 Å². The van der Waals surface area contributed by atoms with Crippen LogP contribution >= 0.6 is 15.2 Å². The zero-order chi connectivity index (χ0) is 12.5. The molecule has 13 heteroatoms. The molecule has 0 heterocycles. The fourth-order valence-corrected chi connectivity index (χ4v) is 2.76. The molecule has 0 aliphatic carbocycles. The second-order valence-corrected chi connectivity index (χ2v) is 7.37. The maximum Gasteiger partial charge on any atom is 2.00 e. The van der Waals surface area contributed by atoms with Crippen molar-refractivity contribution in [2.45, 2.75) is 11.4 Å². The molecule has 116 valence electrons. The van der Waals surface area contributed by atoms with Crippen LogP contribution in [0.1, 0.15) is 6.42 Å². The molecule has 0 aliphatic heterocycles. The molecular weight excluding hydrogens is 469 g/mol. The van der Waals surface area contributed by atoms with Crippen LogP contribution in [0.3, 0.4) is 0 Å². The standard InChI is InChI=1S/C5H16N2O6P2.2H3N.Pt/c1-7(2)4-3-5(6,14(8,9)10)15(11,12)13;;;/h3-4,6H2,1-2H3,(H2,8,9,10)(H2,11,12,13);2*1H3;/q;;;+2/p-4. The van der Waals surface area contributed by atoms with Gasteiger partial charge < -0.3 is 51.6 Å². The largest absolute Gasteiger partial charge is 2.00 e. The maximum atomic E-state index is 10.7. The van der Waals surface area contributed by atoms with Gasteiger partial charge in [0.05, 0.1) is 5.02 Å². The van der Waals surface area contributed by atoms with E-state index in [0.29, 0.717) is 0 Å². The number of rotatable bonds is 5. The number of nitrogens with zero attached hydrogens (tertiary/aromatic N) is 1. The van der Waals surface area contributed by atoms with E-state index in [4.69, 9.17) is 5.73 Å². The third-order valence-corrected chi connectivity index (χ3v) is 5.69. The molecule has 0 unspecified atom stereocenters. The molecular formula is C5H18N4O6P2Pt-2. The van der Waals surface area contributed by atoms with Crippen molar-refractivity contribution < 1.29 is 49.8 Å². The van der Waals surface area contributed by atoms with Crippen LogP contribution in [0.2, 0.25) is 0 Å². The van der Waals surface area contributed by atoms with Crippen molar-refractivity contribution in [2.75, 3.05) is 20.6 Å². The van der Waals surface area contributed by atoms with Crippen LogP contribution in [0.25, 0.3) is 0 Å². The van der Waals surface area contributed by atoms with Gasteiger partial charge in [0.15, 0.2) is 0 Å². The van der Waals surface area contributed by atoms with Crippen molar-refractivity contribution in [2.24, 2.45) is 5.73 Å². The Morgan fingerprint density at radius 2 is 1.33 bits per heavy atom. The summed E-state index contributed by atoms with van der Waals surface area (Å²) in [6.45, 7) is -0.0978. The molecule has 0 spiro atoms.